The molecule has 2 aromatic carbocycles. The Kier molecular flexibility index (Phi) is 8.90. The zero-order valence-corrected chi connectivity index (χ0v) is 17.3. The summed E-state index contributed by atoms with van der Waals surface area (Å²) in [6, 6.07) is 20.8. The Morgan fingerprint density at radius 1 is 1.03 bits per heavy atom. The lowest BCUT2D eigenvalue weighted by Gasteiger charge is -2.25. The third kappa shape index (κ3) is 6.93. The van der Waals surface area contributed by atoms with Crippen molar-refractivity contribution in [1.82, 2.24) is 4.90 Å². The van der Waals surface area contributed by atoms with E-state index < -0.39 is 11.9 Å². The Balaban J connectivity index is 0.000000343. The Morgan fingerprint density at radius 3 is 2.07 bits per heavy atom. The number of anilines is 1. The van der Waals surface area contributed by atoms with Crippen LogP contribution in [0.5, 0.6) is 0 Å². The smallest absolute Gasteiger partial charge is 0.328 e. The first kappa shape index (κ1) is 23.0. The van der Waals surface area contributed by atoms with E-state index in [1.165, 1.54) is 0 Å². The molecule has 0 amide bonds. The van der Waals surface area contributed by atoms with Crippen molar-refractivity contribution in [2.75, 3.05) is 24.4 Å². The van der Waals surface area contributed by atoms with Gasteiger partial charge >= 0.3 is 11.9 Å². The first-order valence-electron chi connectivity index (χ1n) is 9.31. The predicted molar refractivity (Wildman–Crippen MR) is 119 cm³/mol. The number of carbonyl (C=O) groups is 2. The third-order valence-corrected chi connectivity index (χ3v) is 4.46. The lowest BCUT2D eigenvalue weighted by molar-refractivity contribution is -0.134. The number of rotatable bonds is 6. The number of halogens is 1. The van der Waals surface area contributed by atoms with Crippen molar-refractivity contribution >= 4 is 40.9 Å². The average Bonchev–Trinajstić information content (AvgIpc) is 3.03. The highest BCUT2D eigenvalue weighted by Gasteiger charge is 2.34. The minimum absolute atomic E-state index is 0.354. The molecule has 1 heterocycles. The number of hydrogen-bond donors (Lipinski definition) is 2. The number of alkyl halides is 1. The summed E-state index contributed by atoms with van der Waals surface area (Å²) in [5, 5.41) is 15.6. The number of nitrogens with zero attached hydrogens (tertiary/aromatic N) is 3. The van der Waals surface area contributed by atoms with Gasteiger partial charge in [0, 0.05) is 37.3 Å². The van der Waals surface area contributed by atoms with Crippen molar-refractivity contribution in [3.63, 3.8) is 0 Å². The molecule has 8 heteroatoms. The van der Waals surface area contributed by atoms with E-state index in [-0.39, 0.29) is 0 Å². The van der Waals surface area contributed by atoms with Gasteiger partial charge in [0.05, 0.1) is 11.7 Å². The molecule has 2 N–H and O–H groups in total. The molecule has 0 aromatic heterocycles. The van der Waals surface area contributed by atoms with Crippen LogP contribution in [0.1, 0.15) is 6.42 Å². The number of likely N-dealkylation sites (N-methyl/N-ethyl adjacent to an activating group) is 1. The number of carboxylic acids is 2. The van der Waals surface area contributed by atoms with Gasteiger partial charge in [0.1, 0.15) is 0 Å². The molecule has 1 saturated heterocycles. The van der Waals surface area contributed by atoms with Crippen LogP contribution in [0.15, 0.2) is 77.8 Å². The Labute approximate surface area is 180 Å². The van der Waals surface area contributed by atoms with E-state index in [0.717, 1.165) is 30.3 Å². The van der Waals surface area contributed by atoms with Crippen LogP contribution in [0.2, 0.25) is 0 Å². The van der Waals surface area contributed by atoms with Crippen LogP contribution in [0.4, 0.5) is 11.4 Å². The number of hydrogen-bond acceptors (Lipinski definition) is 3. The second-order valence-corrected chi connectivity index (χ2v) is 6.85. The first-order valence-corrected chi connectivity index (χ1v) is 9.85. The predicted octanol–water partition coefficient (Wildman–Crippen LogP) is 3.84. The largest absolute Gasteiger partial charge is 0.478 e. The molecule has 0 aliphatic carbocycles. The van der Waals surface area contributed by atoms with Gasteiger partial charge in [0.2, 0.25) is 5.96 Å². The van der Waals surface area contributed by atoms with Gasteiger partial charge in [-0.25, -0.2) is 14.6 Å². The topological polar surface area (TPSA) is 93.4 Å². The van der Waals surface area contributed by atoms with E-state index in [2.05, 4.69) is 41.1 Å². The molecule has 1 fully saturated rings. The molecule has 1 aliphatic rings. The highest BCUT2D eigenvalue weighted by atomic mass is 35.5. The minimum atomic E-state index is -1.26. The maximum absolute atomic E-state index is 9.55. The van der Waals surface area contributed by atoms with E-state index >= 15 is 0 Å². The summed E-state index contributed by atoms with van der Waals surface area (Å²) >= 11 is 6.00. The number of aliphatic carboxylic acids is 2. The zero-order chi connectivity index (χ0) is 21.9. The maximum Gasteiger partial charge on any atom is 0.328 e. The second-order valence-electron chi connectivity index (χ2n) is 6.47. The summed E-state index contributed by atoms with van der Waals surface area (Å²) in [6.45, 7) is 0.938. The quantitative estimate of drug-likeness (QED) is 0.535. The fourth-order valence-electron chi connectivity index (χ4n) is 2.99. The van der Waals surface area contributed by atoms with Crippen molar-refractivity contribution in [3.05, 3.63) is 72.8 Å². The van der Waals surface area contributed by atoms with E-state index in [4.69, 9.17) is 26.8 Å². The average molecular weight is 430 g/mol. The van der Waals surface area contributed by atoms with Gasteiger partial charge in [-0.1, -0.05) is 36.4 Å². The van der Waals surface area contributed by atoms with Crippen LogP contribution in [0, 0.1) is 0 Å². The standard InChI is InChI=1S/C18H20ClN3.C4H4O4/c1-21-14-17(12-13-19)22(16-10-6-3-7-11-16)18(21)20-15-8-4-2-5-9-15;5-3(6)1-2-4(7)8/h2-11,17H,12-14H2,1H3;1-2H,(H,5,6)(H,7,8)/b;2-1+. The van der Waals surface area contributed by atoms with Gasteiger partial charge in [-0.3, -0.25) is 0 Å². The van der Waals surface area contributed by atoms with Crippen molar-refractivity contribution in [2.24, 2.45) is 4.99 Å². The highest BCUT2D eigenvalue weighted by Crippen LogP contribution is 2.27. The fraction of sp³-hybridized carbons (Fsp3) is 0.227. The second kappa shape index (κ2) is 11.6. The molecule has 30 heavy (non-hydrogen) atoms. The van der Waals surface area contributed by atoms with Crippen molar-refractivity contribution in [1.29, 1.82) is 0 Å². The molecule has 1 aliphatic heterocycles. The number of carboxylic acid groups (broad SMARTS) is 2. The fourth-order valence-corrected chi connectivity index (χ4v) is 3.24. The summed E-state index contributed by atoms with van der Waals surface area (Å²) in [5.41, 5.74) is 2.13. The lowest BCUT2D eigenvalue weighted by atomic mass is 10.2. The van der Waals surface area contributed by atoms with Crippen LogP contribution in [-0.4, -0.2) is 58.5 Å². The molecular weight excluding hydrogens is 406 g/mol. The normalized spacial score (nSPS) is 17.1. The van der Waals surface area contributed by atoms with Crippen LogP contribution in [0.3, 0.4) is 0 Å². The van der Waals surface area contributed by atoms with Crippen molar-refractivity contribution in [2.45, 2.75) is 12.5 Å². The van der Waals surface area contributed by atoms with E-state index in [9.17, 15) is 9.59 Å². The van der Waals surface area contributed by atoms with Crippen molar-refractivity contribution in [3.8, 4) is 0 Å². The molecule has 158 valence electrons. The van der Waals surface area contributed by atoms with Gasteiger partial charge < -0.3 is 20.0 Å². The number of benzene rings is 2. The van der Waals surface area contributed by atoms with Gasteiger partial charge in [0.25, 0.3) is 0 Å². The molecule has 0 bridgehead atoms. The van der Waals surface area contributed by atoms with E-state index in [0.29, 0.717) is 24.1 Å². The molecule has 0 saturated carbocycles. The Morgan fingerprint density at radius 2 is 1.57 bits per heavy atom. The van der Waals surface area contributed by atoms with Crippen LogP contribution < -0.4 is 4.90 Å². The molecule has 3 rings (SSSR count). The van der Waals surface area contributed by atoms with Gasteiger partial charge in [-0.15, -0.1) is 11.6 Å². The molecule has 7 nitrogen and oxygen atoms in total. The van der Waals surface area contributed by atoms with E-state index in [1.54, 1.807) is 0 Å². The van der Waals surface area contributed by atoms with E-state index in [1.807, 2.05) is 36.4 Å². The first-order chi connectivity index (χ1) is 14.4. The summed E-state index contributed by atoms with van der Waals surface area (Å²) < 4.78 is 0. The maximum atomic E-state index is 9.55. The molecule has 0 radical (unpaired) electrons. The molecule has 0 spiro atoms. The van der Waals surface area contributed by atoms with Gasteiger partial charge in [-0.2, -0.15) is 0 Å². The zero-order valence-electron chi connectivity index (χ0n) is 16.6. The molecular formula is C22H24ClN3O4. The van der Waals surface area contributed by atoms with Crippen LogP contribution in [-0.2, 0) is 9.59 Å². The molecule has 1 atom stereocenters. The summed E-state index contributed by atoms with van der Waals surface area (Å²) in [7, 11) is 2.09. The van der Waals surface area contributed by atoms with Gasteiger partial charge in [-0.05, 0) is 30.7 Å². The Hall–Kier alpha value is -3.32. The molecule has 1 unspecified atom stereocenters. The lowest BCUT2D eigenvalue weighted by Crippen LogP contribution is -2.35. The monoisotopic (exact) mass is 429 g/mol. The molecule has 2 aromatic rings. The third-order valence-electron chi connectivity index (χ3n) is 4.24. The van der Waals surface area contributed by atoms with Crippen LogP contribution in [0.25, 0.3) is 0 Å². The minimum Gasteiger partial charge on any atom is -0.478 e. The number of para-hydroxylation sites is 2. The summed E-state index contributed by atoms with van der Waals surface area (Å²) in [6.07, 6.45) is 2.05. The summed E-state index contributed by atoms with van der Waals surface area (Å²) in [5.74, 6) is -0.882. The Bertz CT molecular complexity index is 872. The number of aliphatic imine (C=N–C) groups is 1. The van der Waals surface area contributed by atoms with Crippen molar-refractivity contribution < 1.29 is 19.8 Å². The highest BCUT2D eigenvalue weighted by molar-refractivity contribution is 6.18. The SMILES string of the molecule is CN1CC(CCCl)N(c2ccccc2)C1=Nc1ccccc1.O=C(O)/C=C/C(=O)O. The number of guanidine groups is 1. The van der Waals surface area contributed by atoms with Gasteiger partial charge in [0.15, 0.2) is 0 Å². The summed E-state index contributed by atoms with van der Waals surface area (Å²) in [4.78, 5) is 28.5. The van der Waals surface area contributed by atoms with Crippen LogP contribution >= 0.6 is 11.6 Å².